The SMILES string of the molecule is CC[C@H](C)C[P@](C)(=O)CO.CC[C@H](C)C[P@](C)(=O)COC1O[C@@H](n2cnc3c(N=P(c4ccccc4)(c4ccccc4)c4ccccc4)ncnc32)[C@@H](F)[C@@H]1I.F[C@H]1C=CO[C@H]1n1cnc2c(N=P(c3ccccc3)(c3ccccc3)c3ccccc3)ncnc21.O=C=O.O=C=O. The zero-order valence-corrected chi connectivity index (χ0v) is 59.9. The maximum Gasteiger partial charge on any atom is 0.373 e. The van der Waals surface area contributed by atoms with Crippen molar-refractivity contribution in [3.63, 3.8) is 0 Å². The van der Waals surface area contributed by atoms with E-state index in [1.807, 2.05) is 132 Å². The Labute approximate surface area is 575 Å². The van der Waals surface area contributed by atoms with Crippen molar-refractivity contribution in [2.45, 2.75) is 75.6 Å². The second-order valence-corrected chi connectivity index (χ2v) is 37.1. The van der Waals surface area contributed by atoms with E-state index in [9.17, 15) is 13.5 Å². The van der Waals surface area contributed by atoms with Crippen molar-refractivity contribution in [3.05, 3.63) is 220 Å². The van der Waals surface area contributed by atoms with E-state index < -0.39 is 63.4 Å². The summed E-state index contributed by atoms with van der Waals surface area (Å²) in [7, 11) is -9.93. The molecule has 4 aromatic heterocycles. The largest absolute Gasteiger partial charge is 0.474 e. The van der Waals surface area contributed by atoms with Crippen molar-refractivity contribution in [3.8, 4) is 0 Å². The second kappa shape index (κ2) is 35.6. The van der Waals surface area contributed by atoms with E-state index in [-0.39, 0.29) is 25.0 Å². The topological polar surface area (TPSA) is 262 Å². The molecule has 0 saturated carbocycles. The molecule has 2 aliphatic heterocycles. The molecule has 1 saturated heterocycles. The lowest BCUT2D eigenvalue weighted by Gasteiger charge is -2.26. The van der Waals surface area contributed by atoms with Crippen LogP contribution in [0.4, 0.5) is 20.4 Å². The van der Waals surface area contributed by atoms with Gasteiger partial charge in [-0.1, -0.05) is 245 Å². The van der Waals surface area contributed by atoms with Gasteiger partial charge in [0.05, 0.1) is 37.0 Å². The van der Waals surface area contributed by atoms with Crippen LogP contribution in [0.5, 0.6) is 0 Å². The molecule has 0 bridgehead atoms. The minimum absolute atomic E-state index is 0.0427. The Bertz CT molecular complexity index is 4270. The number of fused-ring (bicyclic) bond motifs is 2. The van der Waals surface area contributed by atoms with Gasteiger partial charge >= 0.3 is 12.3 Å². The summed E-state index contributed by atoms with van der Waals surface area (Å²) >= 11 is 2.02. The number of imidazole rings is 2. The monoisotopic (exact) mass is 1500 g/mol. The summed E-state index contributed by atoms with van der Waals surface area (Å²) in [4.78, 5) is 59.8. The highest BCUT2D eigenvalue weighted by Crippen LogP contribution is 2.52. The number of aromatic nitrogens is 8. The molecule has 10 aromatic rings. The number of halogens is 3. The number of aliphatic hydroxyl groups is 1. The Balaban J connectivity index is 0.000000207. The van der Waals surface area contributed by atoms with Crippen LogP contribution in [0.3, 0.4) is 0 Å². The molecule has 97 heavy (non-hydrogen) atoms. The van der Waals surface area contributed by atoms with Crippen LogP contribution in [-0.4, -0.2) is 117 Å². The van der Waals surface area contributed by atoms with Crippen molar-refractivity contribution in [1.29, 1.82) is 0 Å². The molecular weight excluding hydrogens is 1430 g/mol. The van der Waals surface area contributed by atoms with Gasteiger partial charge in [-0.25, -0.2) is 48.2 Å². The van der Waals surface area contributed by atoms with E-state index in [2.05, 4.69) is 130 Å². The van der Waals surface area contributed by atoms with Crippen LogP contribution in [0, 0.1) is 11.8 Å². The number of aliphatic hydroxyl groups excluding tert-OH is 1. The molecule has 6 aromatic carbocycles. The van der Waals surface area contributed by atoms with E-state index in [0.29, 0.717) is 58.1 Å². The van der Waals surface area contributed by atoms with Crippen LogP contribution < -0.4 is 31.8 Å². The Morgan fingerprint density at radius 2 is 0.897 bits per heavy atom. The van der Waals surface area contributed by atoms with E-state index in [1.165, 1.54) is 37.6 Å². The van der Waals surface area contributed by atoms with Crippen molar-refractivity contribution >= 4 is 129 Å². The smallest absolute Gasteiger partial charge is 0.373 e. The summed E-state index contributed by atoms with van der Waals surface area (Å²) in [5.74, 6) is 1.67. The quantitative estimate of drug-likeness (QED) is 0.0422. The van der Waals surface area contributed by atoms with Gasteiger partial charge in [0.25, 0.3) is 0 Å². The Morgan fingerprint density at radius 1 is 0.557 bits per heavy atom. The third-order valence-corrected chi connectivity index (χ3v) is 28.6. The minimum atomic E-state index is -2.63. The Hall–Kier alpha value is -7.89. The fraction of sp³-hybridized carbons (Fsp3) is 0.286. The normalized spacial score (nSPS) is 18.9. The zero-order valence-electron chi connectivity index (χ0n) is 54.2. The Kier molecular flexibility index (Phi) is 27.5. The standard InChI is InChI=1S/C34H37FIN5O3P2.C27H21FN5OP.C7H17O2P.2CO2/c1-4-24(2)20-45(3,42)23-43-34-29(36)28(35)33(44-34)41-22-39-30-31(37-21-38-32(30)41)40-46(25-14-8-5-9-15-25,26-16-10-6-11-17-26)27-18-12-7-13-19-27;28-23-16-17-34-27(23)33-19-31-24-25(29-18-30-26(24)33)32-35(20-10-4-1-5-11-20,21-12-6-2-7-13-21)22-14-8-3-9-15-22;1-4-7(2)5-10(3,9)6-8;2*2-1-3/h5-19,21-22,24,28-29,33-34H,4,20,23H2,1-3H3;1-19,23,27H;7-8H,4-6H2,1-3H3;;/t24-,28-,29-,33+,34?,45-;23-,27+;7-,10-;;/m000../s1. The average molecular weight is 1510 g/mol. The van der Waals surface area contributed by atoms with Crippen LogP contribution in [0.15, 0.2) is 229 Å². The lowest BCUT2D eigenvalue weighted by Crippen LogP contribution is -2.25. The highest BCUT2D eigenvalue weighted by Gasteiger charge is 2.47. The summed E-state index contributed by atoms with van der Waals surface area (Å²) < 4.78 is 85.7. The van der Waals surface area contributed by atoms with Gasteiger partial charge < -0.3 is 28.4 Å². The third kappa shape index (κ3) is 18.3. The van der Waals surface area contributed by atoms with Gasteiger partial charge in [-0.05, 0) is 31.2 Å². The summed E-state index contributed by atoms with van der Waals surface area (Å²) in [5.41, 5.74) is 1.84. The molecule has 2 aliphatic rings. The molecule has 27 heteroatoms. The average Bonchev–Trinajstić information content (AvgIpc) is 1.67. The molecule has 1 fully saturated rings. The highest BCUT2D eigenvalue weighted by molar-refractivity contribution is 14.1. The number of ether oxygens (including phenoxy) is 3. The van der Waals surface area contributed by atoms with E-state index in [0.717, 1.165) is 44.7 Å². The molecule has 10 atom stereocenters. The molecule has 506 valence electrons. The molecule has 0 amide bonds. The zero-order chi connectivity index (χ0) is 69.6. The maximum absolute atomic E-state index is 15.9. The number of hydrogen-bond donors (Lipinski definition) is 1. The van der Waals surface area contributed by atoms with Gasteiger partial charge in [-0.3, -0.25) is 9.13 Å². The van der Waals surface area contributed by atoms with Crippen molar-refractivity contribution in [1.82, 2.24) is 39.0 Å². The minimum Gasteiger partial charge on any atom is -0.474 e. The second-order valence-electron chi connectivity index (χ2n) is 23.2. The van der Waals surface area contributed by atoms with Gasteiger partial charge in [0.15, 0.2) is 58.8 Å². The summed E-state index contributed by atoms with van der Waals surface area (Å²) in [6.07, 6.45) is 6.92. The van der Waals surface area contributed by atoms with Gasteiger partial charge in [-0.15, -0.1) is 0 Å². The van der Waals surface area contributed by atoms with Crippen molar-refractivity contribution in [2.75, 3.05) is 38.3 Å². The van der Waals surface area contributed by atoms with Gasteiger partial charge in [0.2, 0.25) is 6.23 Å². The fourth-order valence-corrected chi connectivity index (χ4v) is 22.6. The number of benzene rings is 6. The first kappa shape index (κ1) is 74.9. The van der Waals surface area contributed by atoms with Crippen LogP contribution in [-0.2, 0) is 42.5 Å². The molecule has 0 spiro atoms. The molecule has 0 radical (unpaired) electrons. The van der Waals surface area contributed by atoms with Gasteiger partial charge in [0.1, 0.15) is 39.6 Å². The molecule has 6 heterocycles. The highest BCUT2D eigenvalue weighted by atomic mass is 127. The van der Waals surface area contributed by atoms with Crippen LogP contribution >= 0.6 is 51.0 Å². The van der Waals surface area contributed by atoms with E-state index >= 15 is 4.39 Å². The van der Waals surface area contributed by atoms with Crippen LogP contribution in [0.2, 0.25) is 0 Å². The number of rotatable bonds is 20. The number of carbonyl (C=O) groups excluding carboxylic acids is 4. The van der Waals surface area contributed by atoms with E-state index in [1.54, 1.807) is 22.5 Å². The predicted molar refractivity (Wildman–Crippen MR) is 385 cm³/mol. The Morgan fingerprint density at radius 3 is 1.22 bits per heavy atom. The molecule has 12 rings (SSSR count). The van der Waals surface area contributed by atoms with Gasteiger partial charge in [-0.2, -0.15) is 19.2 Å². The lowest BCUT2D eigenvalue weighted by molar-refractivity contribution is -0.193. The number of hydrogen-bond acceptors (Lipinski definition) is 18. The van der Waals surface area contributed by atoms with Crippen molar-refractivity contribution in [2.24, 2.45) is 21.3 Å². The summed E-state index contributed by atoms with van der Waals surface area (Å²) in [5, 5.41) is 15.2. The molecule has 20 nitrogen and oxygen atoms in total. The fourth-order valence-electron chi connectivity index (χ4n) is 11.0. The molecule has 1 N–H and O–H groups in total. The predicted octanol–water partition coefficient (Wildman–Crippen LogP) is 13.5. The van der Waals surface area contributed by atoms with Gasteiger partial charge in [0, 0.05) is 44.2 Å². The third-order valence-electron chi connectivity index (χ3n) is 16.0. The molecular formula is C70H75F2IN10O10P4. The lowest BCUT2D eigenvalue weighted by atomic mass is 10.2. The first-order valence-electron chi connectivity index (χ1n) is 31.0. The summed E-state index contributed by atoms with van der Waals surface area (Å²) in [6.45, 7) is 11.7. The van der Waals surface area contributed by atoms with Crippen molar-refractivity contribution < 1.29 is 56.4 Å². The number of alkyl halides is 3. The molecule has 1 unspecified atom stereocenters. The van der Waals surface area contributed by atoms with E-state index in [4.69, 9.17) is 48.0 Å². The first-order chi connectivity index (χ1) is 46.8. The summed E-state index contributed by atoms with van der Waals surface area (Å²) in [6, 6.07) is 61.6. The molecule has 0 aliphatic carbocycles. The first-order valence-corrected chi connectivity index (χ1v) is 40.8. The van der Waals surface area contributed by atoms with Crippen LogP contribution in [0.25, 0.3) is 22.3 Å². The number of nitrogens with zero attached hydrogens (tertiary/aromatic N) is 10. The maximum atomic E-state index is 15.9. The van der Waals surface area contributed by atoms with Crippen LogP contribution in [0.1, 0.15) is 53.0 Å².